The van der Waals surface area contributed by atoms with Gasteiger partial charge in [-0.05, 0) is 24.6 Å². The molecule has 9 heteroatoms. The van der Waals surface area contributed by atoms with Crippen LogP contribution in [0.2, 0.25) is 0 Å². The van der Waals surface area contributed by atoms with Gasteiger partial charge in [0, 0.05) is 12.4 Å². The molecule has 0 radical (unpaired) electrons. The van der Waals surface area contributed by atoms with E-state index in [1.165, 1.54) is 36.7 Å². The molecule has 3 N–H and O–H groups in total. The fourth-order valence-corrected chi connectivity index (χ4v) is 1.83. The molecule has 0 unspecified atom stereocenters. The molecule has 0 aliphatic rings. The summed E-state index contributed by atoms with van der Waals surface area (Å²) in [4.78, 5) is 19.6. The molecule has 122 valence electrons. The Kier molecular flexibility index (Phi) is 4.68. The highest BCUT2D eigenvalue weighted by Gasteiger charge is 2.31. The summed E-state index contributed by atoms with van der Waals surface area (Å²) in [5, 5.41) is 2.64. The molecule has 1 aromatic heterocycles. The van der Waals surface area contributed by atoms with Crippen molar-refractivity contribution in [1.29, 1.82) is 0 Å². The molecular formula is C14H13F3N4O2. The number of alkyl halides is 3. The van der Waals surface area contributed by atoms with Crippen LogP contribution in [0.5, 0.6) is 5.75 Å². The molecule has 0 spiro atoms. The highest BCUT2D eigenvalue weighted by Crippen LogP contribution is 2.24. The largest absolute Gasteiger partial charge is 0.573 e. The molecule has 1 atom stereocenters. The molecule has 0 saturated heterocycles. The standard InChI is InChI=1S/C14H13F3N4O2/c1-8(21-13(22)11-12(18)20-7-6-19-11)9-2-4-10(5-3-9)23-14(15,16)17/h2-8H,1H3,(H2,18,20)(H,21,22)/t8-/m1/s1. The van der Waals surface area contributed by atoms with Crippen molar-refractivity contribution in [2.45, 2.75) is 19.3 Å². The lowest BCUT2D eigenvalue weighted by molar-refractivity contribution is -0.274. The summed E-state index contributed by atoms with van der Waals surface area (Å²) in [6.07, 6.45) is -2.06. The number of benzene rings is 1. The van der Waals surface area contributed by atoms with Gasteiger partial charge in [-0.25, -0.2) is 9.97 Å². The third-order valence-corrected chi connectivity index (χ3v) is 2.90. The van der Waals surface area contributed by atoms with Crippen LogP contribution in [0.1, 0.15) is 29.0 Å². The Morgan fingerprint density at radius 2 is 1.83 bits per heavy atom. The summed E-state index contributed by atoms with van der Waals surface area (Å²) in [5.74, 6) is -0.872. The first-order chi connectivity index (χ1) is 10.8. The number of nitrogens with one attached hydrogen (secondary N) is 1. The molecule has 0 fully saturated rings. The molecule has 1 heterocycles. The number of aromatic nitrogens is 2. The van der Waals surface area contributed by atoms with Gasteiger partial charge >= 0.3 is 6.36 Å². The molecule has 1 aromatic carbocycles. The van der Waals surface area contributed by atoms with Gasteiger partial charge in [-0.1, -0.05) is 12.1 Å². The average Bonchev–Trinajstić information content (AvgIpc) is 2.46. The lowest BCUT2D eigenvalue weighted by Crippen LogP contribution is -2.28. The maximum absolute atomic E-state index is 12.1. The smallest absolute Gasteiger partial charge is 0.406 e. The zero-order valence-electron chi connectivity index (χ0n) is 12.0. The van der Waals surface area contributed by atoms with E-state index in [1.54, 1.807) is 6.92 Å². The molecule has 0 aliphatic carbocycles. The number of halogens is 3. The first-order valence-electron chi connectivity index (χ1n) is 6.49. The average molecular weight is 326 g/mol. The first-order valence-corrected chi connectivity index (χ1v) is 6.49. The molecule has 6 nitrogen and oxygen atoms in total. The Balaban J connectivity index is 2.05. The van der Waals surface area contributed by atoms with Gasteiger partial charge in [0.25, 0.3) is 5.91 Å². The van der Waals surface area contributed by atoms with Crippen molar-refractivity contribution in [1.82, 2.24) is 15.3 Å². The predicted molar refractivity (Wildman–Crippen MR) is 75.5 cm³/mol. The van der Waals surface area contributed by atoms with Crippen LogP contribution < -0.4 is 15.8 Å². The molecular weight excluding hydrogens is 313 g/mol. The summed E-state index contributed by atoms with van der Waals surface area (Å²) in [6.45, 7) is 1.67. The maximum atomic E-state index is 12.1. The molecule has 23 heavy (non-hydrogen) atoms. The Morgan fingerprint density at radius 3 is 2.39 bits per heavy atom. The fourth-order valence-electron chi connectivity index (χ4n) is 1.83. The van der Waals surface area contributed by atoms with Crippen LogP contribution in [0, 0.1) is 0 Å². The number of hydrogen-bond acceptors (Lipinski definition) is 5. The zero-order valence-corrected chi connectivity index (χ0v) is 12.0. The van der Waals surface area contributed by atoms with Crippen molar-refractivity contribution in [3.63, 3.8) is 0 Å². The number of hydrogen-bond donors (Lipinski definition) is 2. The van der Waals surface area contributed by atoms with Gasteiger partial charge in [0.1, 0.15) is 5.75 Å². The van der Waals surface area contributed by atoms with E-state index in [4.69, 9.17) is 5.73 Å². The Bertz CT molecular complexity index is 689. The number of rotatable bonds is 4. The Hall–Kier alpha value is -2.84. The first kappa shape index (κ1) is 16.5. The number of amides is 1. The van der Waals surface area contributed by atoms with E-state index in [-0.39, 0.29) is 17.3 Å². The van der Waals surface area contributed by atoms with Gasteiger partial charge in [0.2, 0.25) is 0 Å². The minimum absolute atomic E-state index is 0.00822. The highest BCUT2D eigenvalue weighted by atomic mass is 19.4. The van der Waals surface area contributed by atoms with Crippen LogP contribution in [0.15, 0.2) is 36.7 Å². The molecule has 0 aliphatic heterocycles. The van der Waals surface area contributed by atoms with Gasteiger partial charge < -0.3 is 15.8 Å². The van der Waals surface area contributed by atoms with E-state index in [2.05, 4.69) is 20.0 Å². The van der Waals surface area contributed by atoms with E-state index in [1.807, 2.05) is 0 Å². The van der Waals surface area contributed by atoms with Crippen LogP contribution in [0.4, 0.5) is 19.0 Å². The van der Waals surface area contributed by atoms with Gasteiger partial charge in [0.15, 0.2) is 11.5 Å². The molecule has 0 bridgehead atoms. The van der Waals surface area contributed by atoms with Crippen molar-refractivity contribution in [3.8, 4) is 5.75 Å². The number of anilines is 1. The molecule has 0 saturated carbocycles. The summed E-state index contributed by atoms with van der Waals surface area (Å²) < 4.78 is 40.1. The SMILES string of the molecule is C[C@@H](NC(=O)c1nccnc1N)c1ccc(OC(F)(F)F)cc1. The van der Waals surface area contributed by atoms with E-state index < -0.39 is 18.3 Å². The van der Waals surface area contributed by atoms with Crippen molar-refractivity contribution in [2.24, 2.45) is 0 Å². The van der Waals surface area contributed by atoms with E-state index in [9.17, 15) is 18.0 Å². The van der Waals surface area contributed by atoms with Gasteiger partial charge in [-0.2, -0.15) is 0 Å². The van der Waals surface area contributed by atoms with E-state index >= 15 is 0 Å². The lowest BCUT2D eigenvalue weighted by atomic mass is 10.1. The monoisotopic (exact) mass is 326 g/mol. The summed E-state index contributed by atoms with van der Waals surface area (Å²) in [7, 11) is 0. The fraction of sp³-hybridized carbons (Fsp3) is 0.214. The Morgan fingerprint density at radius 1 is 1.22 bits per heavy atom. The second-order valence-electron chi connectivity index (χ2n) is 4.60. The van der Waals surface area contributed by atoms with Crippen LogP contribution in [0.3, 0.4) is 0 Å². The second-order valence-corrected chi connectivity index (χ2v) is 4.60. The van der Waals surface area contributed by atoms with Crippen LogP contribution in [-0.2, 0) is 0 Å². The number of nitrogens with two attached hydrogens (primary N) is 1. The maximum Gasteiger partial charge on any atom is 0.573 e. The van der Waals surface area contributed by atoms with Crippen molar-refractivity contribution in [3.05, 3.63) is 47.9 Å². The number of nitrogens with zero attached hydrogens (tertiary/aromatic N) is 2. The third kappa shape index (κ3) is 4.56. The van der Waals surface area contributed by atoms with Gasteiger partial charge in [0.05, 0.1) is 6.04 Å². The lowest BCUT2D eigenvalue weighted by Gasteiger charge is -2.15. The van der Waals surface area contributed by atoms with Crippen molar-refractivity contribution < 1.29 is 22.7 Å². The molecule has 2 aromatic rings. The van der Waals surface area contributed by atoms with Crippen LogP contribution >= 0.6 is 0 Å². The third-order valence-electron chi connectivity index (χ3n) is 2.90. The van der Waals surface area contributed by atoms with Gasteiger partial charge in [-0.15, -0.1) is 13.2 Å². The van der Waals surface area contributed by atoms with Gasteiger partial charge in [-0.3, -0.25) is 4.79 Å². The number of carbonyl (C=O) groups is 1. The van der Waals surface area contributed by atoms with E-state index in [0.29, 0.717) is 5.56 Å². The zero-order chi connectivity index (χ0) is 17.0. The highest BCUT2D eigenvalue weighted by molar-refractivity contribution is 5.96. The van der Waals surface area contributed by atoms with Crippen molar-refractivity contribution in [2.75, 3.05) is 5.73 Å². The minimum atomic E-state index is -4.75. The van der Waals surface area contributed by atoms with E-state index in [0.717, 1.165) is 0 Å². The van der Waals surface area contributed by atoms with Crippen LogP contribution in [0.25, 0.3) is 0 Å². The topological polar surface area (TPSA) is 90.1 Å². The minimum Gasteiger partial charge on any atom is -0.406 e. The number of nitrogen functional groups attached to an aromatic ring is 1. The number of carbonyl (C=O) groups excluding carboxylic acids is 1. The summed E-state index contributed by atoms with van der Waals surface area (Å²) in [6, 6.07) is 4.71. The Labute approximate surface area is 129 Å². The predicted octanol–water partition coefficient (Wildman–Crippen LogP) is 2.45. The second kappa shape index (κ2) is 6.51. The molecule has 2 rings (SSSR count). The number of ether oxygens (including phenoxy) is 1. The normalized spacial score (nSPS) is 12.5. The summed E-state index contributed by atoms with van der Waals surface area (Å²) >= 11 is 0. The molecule has 1 amide bonds. The van der Waals surface area contributed by atoms with Crippen LogP contribution in [-0.4, -0.2) is 22.2 Å². The quantitative estimate of drug-likeness (QED) is 0.901. The van der Waals surface area contributed by atoms with Crippen molar-refractivity contribution >= 4 is 11.7 Å². The summed E-state index contributed by atoms with van der Waals surface area (Å²) in [5.41, 5.74) is 6.13.